The lowest BCUT2D eigenvalue weighted by Gasteiger charge is -2.22. The number of ether oxygens (including phenoxy) is 1. The van der Waals surface area contributed by atoms with E-state index < -0.39 is 0 Å². The summed E-state index contributed by atoms with van der Waals surface area (Å²) in [5.74, 6) is 0.915. The van der Waals surface area contributed by atoms with Crippen LogP contribution < -0.4 is 5.32 Å². The Hall–Kier alpha value is -1.08. The molecule has 5 heteroatoms. The fourth-order valence-corrected chi connectivity index (χ4v) is 2.33. The number of benzene rings is 1. The molecule has 0 radical (unpaired) electrons. The average Bonchev–Trinajstić information content (AvgIpc) is 2.57. The second-order valence-electron chi connectivity index (χ2n) is 5.57. The van der Waals surface area contributed by atoms with Crippen LogP contribution in [0.15, 0.2) is 41.9 Å². The van der Waals surface area contributed by atoms with Crippen LogP contribution in [0, 0.1) is 0 Å². The van der Waals surface area contributed by atoms with Gasteiger partial charge in [-0.2, -0.15) is 0 Å². The number of aliphatic imine (C=N–C) groups is 1. The summed E-state index contributed by atoms with van der Waals surface area (Å²) in [5, 5.41) is 3.44. The van der Waals surface area contributed by atoms with Gasteiger partial charge in [-0.1, -0.05) is 37.3 Å². The van der Waals surface area contributed by atoms with E-state index in [9.17, 15) is 0 Å². The maximum atomic E-state index is 5.68. The Bertz CT molecular complexity index is 491. The van der Waals surface area contributed by atoms with Gasteiger partial charge in [-0.25, -0.2) is 0 Å². The van der Waals surface area contributed by atoms with Crippen LogP contribution >= 0.6 is 24.0 Å². The molecule has 0 aliphatic carbocycles. The van der Waals surface area contributed by atoms with E-state index in [1.165, 1.54) is 11.1 Å². The van der Waals surface area contributed by atoms with Crippen LogP contribution in [0.3, 0.4) is 0 Å². The number of nitrogens with zero attached hydrogens (tertiary/aromatic N) is 2. The number of allylic oxidation sites excluding steroid dienone is 1. The minimum absolute atomic E-state index is 0. The molecule has 0 heterocycles. The van der Waals surface area contributed by atoms with Crippen molar-refractivity contribution in [2.45, 2.75) is 39.3 Å². The topological polar surface area (TPSA) is 36.9 Å². The zero-order chi connectivity index (χ0) is 16.9. The van der Waals surface area contributed by atoms with Gasteiger partial charge in [0.15, 0.2) is 5.96 Å². The summed E-state index contributed by atoms with van der Waals surface area (Å²) in [6.45, 7) is 9.07. The number of rotatable bonds is 10. The normalized spacial score (nSPS) is 10.9. The van der Waals surface area contributed by atoms with Crippen molar-refractivity contribution in [1.82, 2.24) is 10.2 Å². The van der Waals surface area contributed by atoms with Crippen molar-refractivity contribution in [2.24, 2.45) is 4.99 Å². The molecule has 0 saturated heterocycles. The third-order valence-corrected chi connectivity index (χ3v) is 3.64. The van der Waals surface area contributed by atoms with E-state index in [0.717, 1.165) is 44.9 Å². The zero-order valence-electron chi connectivity index (χ0n) is 15.3. The molecule has 4 nitrogen and oxygen atoms in total. The van der Waals surface area contributed by atoms with Crippen LogP contribution in [-0.4, -0.2) is 38.1 Å². The van der Waals surface area contributed by atoms with E-state index in [1.54, 1.807) is 0 Å². The maximum Gasteiger partial charge on any atom is 0.193 e. The molecule has 1 aromatic rings. The average molecular weight is 445 g/mol. The molecule has 0 atom stereocenters. The number of unbranched alkanes of at least 4 members (excludes halogenated alkanes) is 1. The van der Waals surface area contributed by atoms with Crippen LogP contribution in [0.5, 0.6) is 0 Å². The van der Waals surface area contributed by atoms with Crippen LogP contribution in [0.25, 0.3) is 0 Å². The molecule has 0 aliphatic heterocycles. The molecule has 0 aromatic heterocycles. The number of nitrogens with one attached hydrogen (secondary N) is 1. The summed E-state index contributed by atoms with van der Waals surface area (Å²) in [7, 11) is 3.89. The third kappa shape index (κ3) is 8.68. The van der Waals surface area contributed by atoms with Gasteiger partial charge in [0.2, 0.25) is 0 Å². The predicted octanol–water partition coefficient (Wildman–Crippen LogP) is 4.20. The fourth-order valence-electron chi connectivity index (χ4n) is 2.33. The van der Waals surface area contributed by atoms with Crippen molar-refractivity contribution in [3.63, 3.8) is 0 Å². The van der Waals surface area contributed by atoms with Gasteiger partial charge >= 0.3 is 0 Å². The monoisotopic (exact) mass is 445 g/mol. The maximum absolute atomic E-state index is 5.68. The highest BCUT2D eigenvalue weighted by Gasteiger charge is 2.07. The summed E-state index contributed by atoms with van der Waals surface area (Å²) < 4.78 is 5.68. The Morgan fingerprint density at radius 3 is 2.67 bits per heavy atom. The summed E-state index contributed by atoms with van der Waals surface area (Å²) in [5.41, 5.74) is 2.49. The van der Waals surface area contributed by atoms with Gasteiger partial charge in [0.05, 0.1) is 6.61 Å². The first-order chi connectivity index (χ1) is 11.2. The molecule has 136 valence electrons. The molecule has 0 amide bonds. The molecule has 1 rings (SSSR count). The predicted molar refractivity (Wildman–Crippen MR) is 114 cm³/mol. The van der Waals surface area contributed by atoms with Gasteiger partial charge in [0.25, 0.3) is 0 Å². The Balaban J connectivity index is 0.00000529. The van der Waals surface area contributed by atoms with Gasteiger partial charge in [-0.15, -0.1) is 30.6 Å². The quantitative estimate of drug-likeness (QED) is 0.193. The number of hydrogen-bond donors (Lipinski definition) is 1. The molecule has 1 N–H and O–H groups in total. The van der Waals surface area contributed by atoms with Gasteiger partial charge in [-0.3, -0.25) is 4.99 Å². The Morgan fingerprint density at radius 2 is 2.04 bits per heavy atom. The van der Waals surface area contributed by atoms with Gasteiger partial charge < -0.3 is 15.0 Å². The molecular formula is C19H32IN3O. The fraction of sp³-hybridized carbons (Fsp3) is 0.526. The second kappa shape index (κ2) is 14.3. The Labute approximate surface area is 164 Å². The first-order valence-corrected chi connectivity index (χ1v) is 8.40. The van der Waals surface area contributed by atoms with E-state index >= 15 is 0 Å². The Morgan fingerprint density at radius 1 is 1.33 bits per heavy atom. The number of guanidine groups is 1. The molecule has 0 saturated carbocycles. The van der Waals surface area contributed by atoms with Crippen LogP contribution in [0.2, 0.25) is 0 Å². The Kier molecular flexibility index (Phi) is 13.6. The minimum Gasteiger partial charge on any atom is -0.377 e. The van der Waals surface area contributed by atoms with Crippen molar-refractivity contribution >= 4 is 29.9 Å². The first-order valence-electron chi connectivity index (χ1n) is 8.40. The van der Waals surface area contributed by atoms with Crippen LogP contribution in [-0.2, 0) is 17.9 Å². The number of hydrogen-bond acceptors (Lipinski definition) is 2. The van der Waals surface area contributed by atoms with Crippen molar-refractivity contribution in [3.8, 4) is 0 Å². The molecule has 0 aliphatic rings. The third-order valence-electron chi connectivity index (χ3n) is 3.64. The van der Waals surface area contributed by atoms with E-state index in [0.29, 0.717) is 6.61 Å². The minimum atomic E-state index is 0. The second-order valence-corrected chi connectivity index (χ2v) is 5.57. The van der Waals surface area contributed by atoms with Crippen LogP contribution in [0.4, 0.5) is 0 Å². The van der Waals surface area contributed by atoms with Gasteiger partial charge in [-0.05, 0) is 30.4 Å². The largest absolute Gasteiger partial charge is 0.377 e. The van der Waals surface area contributed by atoms with E-state index in [1.807, 2.05) is 13.1 Å². The SMILES string of the molecule is C=CCCCN(C)C(=NC)NCc1ccccc1COCCC.I. The molecule has 0 unspecified atom stereocenters. The van der Waals surface area contributed by atoms with Crippen molar-refractivity contribution in [1.29, 1.82) is 0 Å². The lowest BCUT2D eigenvalue weighted by molar-refractivity contribution is 0.121. The van der Waals surface area contributed by atoms with Crippen molar-refractivity contribution in [3.05, 3.63) is 48.0 Å². The molecular weight excluding hydrogens is 413 g/mol. The van der Waals surface area contributed by atoms with Gasteiger partial charge in [0.1, 0.15) is 0 Å². The molecule has 24 heavy (non-hydrogen) atoms. The molecule has 0 bridgehead atoms. The van der Waals surface area contributed by atoms with E-state index in [-0.39, 0.29) is 24.0 Å². The first kappa shape index (κ1) is 22.9. The summed E-state index contributed by atoms with van der Waals surface area (Å²) in [6.07, 6.45) is 5.11. The summed E-state index contributed by atoms with van der Waals surface area (Å²) in [6, 6.07) is 8.40. The lowest BCUT2D eigenvalue weighted by atomic mass is 10.1. The highest BCUT2D eigenvalue weighted by atomic mass is 127. The lowest BCUT2D eigenvalue weighted by Crippen LogP contribution is -2.39. The molecule has 0 fully saturated rings. The van der Waals surface area contributed by atoms with Gasteiger partial charge in [0, 0.05) is 33.8 Å². The van der Waals surface area contributed by atoms with Crippen molar-refractivity contribution in [2.75, 3.05) is 27.2 Å². The zero-order valence-corrected chi connectivity index (χ0v) is 17.6. The van der Waals surface area contributed by atoms with Crippen LogP contribution in [0.1, 0.15) is 37.3 Å². The highest BCUT2D eigenvalue weighted by molar-refractivity contribution is 14.0. The van der Waals surface area contributed by atoms with Crippen molar-refractivity contribution < 1.29 is 4.74 Å². The highest BCUT2D eigenvalue weighted by Crippen LogP contribution is 2.10. The summed E-state index contributed by atoms with van der Waals surface area (Å²) >= 11 is 0. The molecule has 1 aromatic carbocycles. The standard InChI is InChI=1S/C19H31N3O.HI/c1-5-7-10-13-22(4)19(20-3)21-15-17-11-8-9-12-18(17)16-23-14-6-2;/h5,8-9,11-12H,1,6-7,10,13-16H2,2-4H3,(H,20,21);1H. The van der Waals surface area contributed by atoms with E-state index in [2.05, 4.69) is 60.0 Å². The smallest absolute Gasteiger partial charge is 0.193 e. The summed E-state index contributed by atoms with van der Waals surface area (Å²) in [4.78, 5) is 6.51. The van der Waals surface area contributed by atoms with E-state index in [4.69, 9.17) is 4.74 Å². The molecule has 0 spiro atoms. The number of halogens is 1.